The Morgan fingerprint density at radius 3 is 2.67 bits per heavy atom. The molecule has 3 nitrogen and oxygen atoms in total. The van der Waals surface area contributed by atoms with E-state index in [-0.39, 0.29) is 5.60 Å². The fourth-order valence-corrected chi connectivity index (χ4v) is 3.23. The molecule has 0 aromatic rings. The Morgan fingerprint density at radius 2 is 2.00 bits per heavy atom. The molecule has 0 bridgehead atoms. The number of nitrogens with one attached hydrogen (secondary N) is 1. The van der Waals surface area contributed by atoms with Crippen molar-refractivity contribution in [2.24, 2.45) is 0 Å². The van der Waals surface area contributed by atoms with Crippen LogP contribution in [0.1, 0.15) is 52.9 Å². The summed E-state index contributed by atoms with van der Waals surface area (Å²) in [5.41, 5.74) is 0.0598. The molecule has 2 fully saturated rings. The average Bonchev–Trinajstić information content (AvgIpc) is 2.36. The van der Waals surface area contributed by atoms with Gasteiger partial charge >= 0.3 is 0 Å². The van der Waals surface area contributed by atoms with Crippen LogP contribution in [-0.4, -0.2) is 48.8 Å². The number of piperidine rings is 1. The van der Waals surface area contributed by atoms with Gasteiger partial charge in [-0.15, -0.1) is 0 Å². The molecule has 0 radical (unpaired) electrons. The van der Waals surface area contributed by atoms with Crippen molar-refractivity contribution in [3.8, 4) is 0 Å². The molecule has 0 amide bonds. The van der Waals surface area contributed by atoms with Crippen molar-refractivity contribution < 1.29 is 4.74 Å². The van der Waals surface area contributed by atoms with E-state index in [1.54, 1.807) is 0 Å². The largest absolute Gasteiger partial charge is 0.375 e. The maximum absolute atomic E-state index is 5.77. The van der Waals surface area contributed by atoms with Crippen LogP contribution in [0.15, 0.2) is 0 Å². The molecule has 106 valence electrons. The monoisotopic (exact) mass is 254 g/mol. The van der Waals surface area contributed by atoms with Crippen molar-refractivity contribution in [3.05, 3.63) is 0 Å². The van der Waals surface area contributed by atoms with E-state index in [0.29, 0.717) is 12.1 Å². The number of hydrogen-bond donors (Lipinski definition) is 1. The SMILES string of the molecule is CC(CNC1CCOC(C)(C)C1)N1CCCCC1. The van der Waals surface area contributed by atoms with Gasteiger partial charge in [0.05, 0.1) is 5.60 Å². The molecule has 0 saturated carbocycles. The Labute approximate surface area is 112 Å². The van der Waals surface area contributed by atoms with Crippen LogP contribution in [0, 0.1) is 0 Å². The van der Waals surface area contributed by atoms with E-state index < -0.39 is 0 Å². The fraction of sp³-hybridized carbons (Fsp3) is 1.00. The molecule has 2 atom stereocenters. The highest BCUT2D eigenvalue weighted by molar-refractivity contribution is 4.84. The van der Waals surface area contributed by atoms with E-state index in [1.165, 1.54) is 32.4 Å². The van der Waals surface area contributed by atoms with Crippen LogP contribution in [0.3, 0.4) is 0 Å². The highest BCUT2D eigenvalue weighted by atomic mass is 16.5. The molecule has 18 heavy (non-hydrogen) atoms. The third-order valence-corrected chi connectivity index (χ3v) is 4.41. The maximum atomic E-state index is 5.77. The summed E-state index contributed by atoms with van der Waals surface area (Å²) in [5, 5.41) is 3.75. The first-order valence-corrected chi connectivity index (χ1v) is 7.68. The molecule has 2 unspecified atom stereocenters. The van der Waals surface area contributed by atoms with Gasteiger partial charge in [0.1, 0.15) is 0 Å². The molecule has 2 saturated heterocycles. The smallest absolute Gasteiger partial charge is 0.0641 e. The topological polar surface area (TPSA) is 24.5 Å². The van der Waals surface area contributed by atoms with Gasteiger partial charge in [-0.2, -0.15) is 0 Å². The van der Waals surface area contributed by atoms with Crippen LogP contribution < -0.4 is 5.32 Å². The summed E-state index contributed by atoms with van der Waals surface area (Å²) in [4.78, 5) is 2.64. The van der Waals surface area contributed by atoms with Crippen LogP contribution in [0.4, 0.5) is 0 Å². The van der Waals surface area contributed by atoms with Gasteiger partial charge in [-0.05, 0) is 59.5 Å². The second-order valence-corrected chi connectivity index (χ2v) is 6.65. The summed E-state index contributed by atoms with van der Waals surface area (Å²) >= 11 is 0. The van der Waals surface area contributed by atoms with Gasteiger partial charge in [-0.1, -0.05) is 6.42 Å². The molecule has 2 rings (SSSR count). The van der Waals surface area contributed by atoms with E-state index in [1.807, 2.05) is 0 Å². The second kappa shape index (κ2) is 6.36. The summed E-state index contributed by atoms with van der Waals surface area (Å²) in [6.45, 7) is 11.4. The minimum atomic E-state index is 0.0598. The van der Waals surface area contributed by atoms with Gasteiger partial charge in [0.2, 0.25) is 0 Å². The maximum Gasteiger partial charge on any atom is 0.0641 e. The summed E-state index contributed by atoms with van der Waals surface area (Å²) < 4.78 is 5.77. The van der Waals surface area contributed by atoms with Crippen LogP contribution >= 0.6 is 0 Å². The first-order chi connectivity index (χ1) is 8.57. The molecular formula is C15H30N2O. The van der Waals surface area contributed by atoms with Crippen molar-refractivity contribution >= 4 is 0 Å². The number of likely N-dealkylation sites (tertiary alicyclic amines) is 1. The van der Waals surface area contributed by atoms with Crippen molar-refractivity contribution in [1.82, 2.24) is 10.2 Å². The highest BCUT2D eigenvalue weighted by Gasteiger charge is 2.29. The standard InChI is InChI=1S/C15H30N2O/c1-13(17-8-5-4-6-9-17)12-16-14-7-10-18-15(2,3)11-14/h13-14,16H,4-12H2,1-3H3. The Morgan fingerprint density at radius 1 is 1.28 bits per heavy atom. The molecule has 3 heteroatoms. The van der Waals surface area contributed by atoms with Crippen molar-refractivity contribution in [2.75, 3.05) is 26.2 Å². The normalized spacial score (nSPS) is 31.2. The lowest BCUT2D eigenvalue weighted by Crippen LogP contribution is -2.49. The lowest BCUT2D eigenvalue weighted by molar-refractivity contribution is -0.0634. The predicted molar refractivity (Wildman–Crippen MR) is 75.9 cm³/mol. The van der Waals surface area contributed by atoms with Crippen LogP contribution in [-0.2, 0) is 4.74 Å². The van der Waals surface area contributed by atoms with Crippen LogP contribution in [0.2, 0.25) is 0 Å². The fourth-order valence-electron chi connectivity index (χ4n) is 3.23. The molecule has 0 aliphatic carbocycles. The van der Waals surface area contributed by atoms with Gasteiger partial charge in [0.15, 0.2) is 0 Å². The van der Waals surface area contributed by atoms with Crippen LogP contribution in [0.5, 0.6) is 0 Å². The zero-order chi connectivity index (χ0) is 13.0. The molecule has 2 aliphatic rings. The Bertz CT molecular complexity index is 249. The quantitative estimate of drug-likeness (QED) is 0.834. The number of ether oxygens (including phenoxy) is 1. The Hall–Kier alpha value is -0.120. The molecule has 1 N–H and O–H groups in total. The molecule has 0 aromatic carbocycles. The van der Waals surface area contributed by atoms with Gasteiger partial charge in [-0.25, -0.2) is 0 Å². The molecular weight excluding hydrogens is 224 g/mol. The van der Waals surface area contributed by atoms with Crippen molar-refractivity contribution in [1.29, 1.82) is 0 Å². The van der Waals surface area contributed by atoms with E-state index in [2.05, 4.69) is 31.0 Å². The summed E-state index contributed by atoms with van der Waals surface area (Å²) in [6.07, 6.45) is 6.49. The van der Waals surface area contributed by atoms with Crippen LogP contribution in [0.25, 0.3) is 0 Å². The highest BCUT2D eigenvalue weighted by Crippen LogP contribution is 2.24. The van der Waals surface area contributed by atoms with E-state index in [9.17, 15) is 0 Å². The van der Waals surface area contributed by atoms with Gasteiger partial charge in [0.25, 0.3) is 0 Å². The minimum absolute atomic E-state index is 0.0598. The number of nitrogens with zero attached hydrogens (tertiary/aromatic N) is 1. The van der Waals surface area contributed by atoms with Gasteiger partial charge in [-0.3, -0.25) is 4.90 Å². The first kappa shape index (κ1) is 14.3. The summed E-state index contributed by atoms with van der Waals surface area (Å²) in [5.74, 6) is 0. The third-order valence-electron chi connectivity index (χ3n) is 4.41. The second-order valence-electron chi connectivity index (χ2n) is 6.65. The molecule has 0 spiro atoms. The number of rotatable bonds is 4. The zero-order valence-electron chi connectivity index (χ0n) is 12.4. The van der Waals surface area contributed by atoms with Gasteiger partial charge in [0, 0.05) is 25.2 Å². The lowest BCUT2D eigenvalue weighted by Gasteiger charge is -2.38. The van der Waals surface area contributed by atoms with E-state index in [0.717, 1.165) is 26.0 Å². The molecule has 2 aliphatic heterocycles. The Balaban J connectivity index is 1.70. The molecule has 0 aromatic heterocycles. The number of hydrogen-bond acceptors (Lipinski definition) is 3. The van der Waals surface area contributed by atoms with E-state index in [4.69, 9.17) is 4.74 Å². The van der Waals surface area contributed by atoms with Gasteiger partial charge < -0.3 is 10.1 Å². The first-order valence-electron chi connectivity index (χ1n) is 7.68. The van der Waals surface area contributed by atoms with Crippen molar-refractivity contribution in [2.45, 2.75) is 70.6 Å². The zero-order valence-corrected chi connectivity index (χ0v) is 12.4. The molecule has 2 heterocycles. The summed E-state index contributed by atoms with van der Waals surface area (Å²) in [7, 11) is 0. The predicted octanol–water partition coefficient (Wildman–Crippen LogP) is 2.41. The minimum Gasteiger partial charge on any atom is -0.375 e. The Kier molecular flexibility index (Phi) is 5.05. The van der Waals surface area contributed by atoms with E-state index >= 15 is 0 Å². The average molecular weight is 254 g/mol. The summed E-state index contributed by atoms with van der Waals surface area (Å²) in [6, 6.07) is 1.32. The lowest BCUT2D eigenvalue weighted by atomic mass is 9.94. The van der Waals surface area contributed by atoms with Crippen molar-refractivity contribution in [3.63, 3.8) is 0 Å². The third kappa shape index (κ3) is 4.22.